The largest absolute Gasteiger partial charge is 0.505 e. The van der Waals surface area contributed by atoms with Crippen molar-refractivity contribution in [2.45, 2.75) is 0 Å². The maximum Gasteiger partial charge on any atom is 0.275 e. The molecule has 5 heteroatoms. The minimum absolute atomic E-state index is 0.163. The average molecular weight is 216 g/mol. The molecule has 0 bridgehead atoms. The molecule has 0 unspecified atom stereocenters. The van der Waals surface area contributed by atoms with E-state index in [-0.39, 0.29) is 5.69 Å². The molecule has 1 aromatic carbocycles. The molecule has 0 aliphatic heterocycles. The maximum atomic E-state index is 11.5. The van der Waals surface area contributed by atoms with Gasteiger partial charge in [-0.2, -0.15) is 9.78 Å². The molecule has 1 aromatic heterocycles. The van der Waals surface area contributed by atoms with Crippen molar-refractivity contribution in [3.8, 4) is 11.4 Å². The molecular formula is C11H8N2O3. The number of hydrogen-bond donors (Lipinski definition) is 1. The van der Waals surface area contributed by atoms with Crippen molar-refractivity contribution >= 4 is 6.29 Å². The zero-order valence-electron chi connectivity index (χ0n) is 8.20. The SMILES string of the molecule is O=Cc1nn(-c2ccccc2)c(=O)cc1O. The van der Waals surface area contributed by atoms with Crippen LogP contribution in [0.4, 0.5) is 0 Å². The van der Waals surface area contributed by atoms with Gasteiger partial charge in [0.2, 0.25) is 0 Å². The Kier molecular flexibility index (Phi) is 2.51. The van der Waals surface area contributed by atoms with Gasteiger partial charge in [-0.25, -0.2) is 0 Å². The molecule has 0 saturated heterocycles. The van der Waals surface area contributed by atoms with Gasteiger partial charge in [-0.3, -0.25) is 9.59 Å². The van der Waals surface area contributed by atoms with Crippen LogP contribution >= 0.6 is 0 Å². The lowest BCUT2D eigenvalue weighted by molar-refractivity contribution is 0.111. The first-order valence-corrected chi connectivity index (χ1v) is 4.56. The fraction of sp³-hybridized carbons (Fsp3) is 0. The summed E-state index contributed by atoms with van der Waals surface area (Å²) in [7, 11) is 0. The Balaban J connectivity index is 2.67. The Bertz CT molecular complexity index is 576. The fourth-order valence-electron chi connectivity index (χ4n) is 1.30. The third-order valence-corrected chi connectivity index (χ3v) is 2.05. The summed E-state index contributed by atoms with van der Waals surface area (Å²) in [4.78, 5) is 22.1. The number of nitrogens with zero attached hydrogens (tertiary/aromatic N) is 2. The first kappa shape index (κ1) is 10.1. The lowest BCUT2D eigenvalue weighted by Gasteiger charge is -2.04. The van der Waals surface area contributed by atoms with E-state index in [2.05, 4.69) is 5.10 Å². The van der Waals surface area contributed by atoms with Gasteiger partial charge in [0.15, 0.2) is 17.7 Å². The Morgan fingerprint density at radius 3 is 2.56 bits per heavy atom. The van der Waals surface area contributed by atoms with E-state index >= 15 is 0 Å². The Morgan fingerprint density at radius 1 is 1.25 bits per heavy atom. The first-order chi connectivity index (χ1) is 7.72. The summed E-state index contributed by atoms with van der Waals surface area (Å²) in [5.74, 6) is -0.410. The molecule has 80 valence electrons. The van der Waals surface area contributed by atoms with Crippen LogP contribution in [-0.2, 0) is 0 Å². The van der Waals surface area contributed by atoms with Crippen LogP contribution in [0.5, 0.6) is 5.75 Å². The standard InChI is InChI=1S/C11H8N2O3/c14-7-9-10(15)6-11(16)13(12-9)8-4-2-1-3-5-8/h1-7,15H. The highest BCUT2D eigenvalue weighted by atomic mass is 16.3. The number of aldehydes is 1. The minimum Gasteiger partial charge on any atom is -0.505 e. The number of rotatable bonds is 2. The molecular weight excluding hydrogens is 208 g/mol. The van der Waals surface area contributed by atoms with Crippen LogP contribution in [-0.4, -0.2) is 21.2 Å². The Morgan fingerprint density at radius 2 is 1.94 bits per heavy atom. The average Bonchev–Trinajstić information content (AvgIpc) is 2.30. The van der Waals surface area contributed by atoms with Crippen molar-refractivity contribution in [2.24, 2.45) is 0 Å². The van der Waals surface area contributed by atoms with Gasteiger partial charge < -0.3 is 5.11 Å². The van der Waals surface area contributed by atoms with Gasteiger partial charge in [-0.05, 0) is 12.1 Å². The first-order valence-electron chi connectivity index (χ1n) is 4.56. The second-order valence-corrected chi connectivity index (χ2v) is 3.12. The van der Waals surface area contributed by atoms with Crippen molar-refractivity contribution in [2.75, 3.05) is 0 Å². The van der Waals surface area contributed by atoms with Crippen molar-refractivity contribution in [1.82, 2.24) is 9.78 Å². The summed E-state index contributed by atoms with van der Waals surface area (Å²) in [6.45, 7) is 0. The van der Waals surface area contributed by atoms with Crippen molar-refractivity contribution in [3.05, 3.63) is 52.4 Å². The van der Waals surface area contributed by atoms with Gasteiger partial charge in [-0.1, -0.05) is 18.2 Å². The third kappa shape index (κ3) is 1.70. The van der Waals surface area contributed by atoms with Crippen LogP contribution in [0.15, 0.2) is 41.2 Å². The molecule has 2 rings (SSSR count). The summed E-state index contributed by atoms with van der Waals surface area (Å²) >= 11 is 0. The zero-order chi connectivity index (χ0) is 11.5. The van der Waals surface area contributed by atoms with E-state index < -0.39 is 11.3 Å². The summed E-state index contributed by atoms with van der Waals surface area (Å²) in [6, 6.07) is 9.62. The molecule has 0 aliphatic carbocycles. The van der Waals surface area contributed by atoms with Crippen molar-refractivity contribution in [3.63, 3.8) is 0 Å². The van der Waals surface area contributed by atoms with Crippen LogP contribution in [0.2, 0.25) is 0 Å². The van der Waals surface area contributed by atoms with Crippen molar-refractivity contribution in [1.29, 1.82) is 0 Å². The third-order valence-electron chi connectivity index (χ3n) is 2.05. The van der Waals surface area contributed by atoms with E-state index in [1.807, 2.05) is 0 Å². The summed E-state index contributed by atoms with van der Waals surface area (Å²) in [5.41, 5.74) is -0.117. The Labute approximate surface area is 90.6 Å². The highest BCUT2D eigenvalue weighted by Gasteiger charge is 2.07. The predicted octanol–water partition coefficient (Wildman–Crippen LogP) is 0.751. The molecule has 0 fully saturated rings. The van der Waals surface area contributed by atoms with Crippen LogP contribution in [0.3, 0.4) is 0 Å². The van der Waals surface area contributed by atoms with Gasteiger partial charge in [0.05, 0.1) is 5.69 Å². The molecule has 0 aliphatic rings. The van der Waals surface area contributed by atoms with E-state index in [4.69, 9.17) is 0 Å². The molecule has 0 radical (unpaired) electrons. The quantitative estimate of drug-likeness (QED) is 0.752. The second kappa shape index (κ2) is 3.98. The lowest BCUT2D eigenvalue weighted by atomic mass is 10.3. The van der Waals surface area contributed by atoms with E-state index in [9.17, 15) is 14.7 Å². The van der Waals surface area contributed by atoms with E-state index in [1.54, 1.807) is 30.3 Å². The minimum atomic E-state index is -0.491. The molecule has 1 heterocycles. The van der Waals surface area contributed by atoms with Crippen LogP contribution in [0.1, 0.15) is 10.5 Å². The maximum absolute atomic E-state index is 11.5. The van der Waals surface area contributed by atoms with Crippen LogP contribution in [0, 0.1) is 0 Å². The number of hydrogen-bond acceptors (Lipinski definition) is 4. The number of benzene rings is 1. The van der Waals surface area contributed by atoms with Crippen LogP contribution < -0.4 is 5.56 Å². The predicted molar refractivity (Wildman–Crippen MR) is 56.9 cm³/mol. The molecule has 5 nitrogen and oxygen atoms in total. The molecule has 0 atom stereocenters. The molecule has 16 heavy (non-hydrogen) atoms. The summed E-state index contributed by atoms with van der Waals surface area (Å²) in [5, 5.41) is 13.0. The molecule has 2 aromatic rings. The topological polar surface area (TPSA) is 72.2 Å². The van der Waals surface area contributed by atoms with Gasteiger partial charge in [0.1, 0.15) is 0 Å². The Hall–Kier alpha value is -2.43. The van der Waals surface area contributed by atoms with Crippen molar-refractivity contribution < 1.29 is 9.90 Å². The van der Waals surface area contributed by atoms with E-state index in [1.165, 1.54) is 0 Å². The molecule has 1 N–H and O–H groups in total. The van der Waals surface area contributed by atoms with E-state index in [0.717, 1.165) is 10.7 Å². The van der Waals surface area contributed by atoms with Gasteiger partial charge in [-0.15, -0.1) is 0 Å². The van der Waals surface area contributed by atoms with E-state index in [0.29, 0.717) is 12.0 Å². The highest BCUT2D eigenvalue weighted by Crippen LogP contribution is 2.09. The van der Waals surface area contributed by atoms with Gasteiger partial charge >= 0.3 is 0 Å². The molecule has 0 spiro atoms. The number of carbonyl (C=O) groups is 1. The van der Waals surface area contributed by atoms with Gasteiger partial charge in [0.25, 0.3) is 5.56 Å². The van der Waals surface area contributed by atoms with Gasteiger partial charge in [0, 0.05) is 6.07 Å². The lowest BCUT2D eigenvalue weighted by Crippen LogP contribution is -2.21. The molecule has 0 amide bonds. The number of carbonyl (C=O) groups excluding carboxylic acids is 1. The smallest absolute Gasteiger partial charge is 0.275 e. The number of para-hydroxylation sites is 1. The molecule has 0 saturated carbocycles. The second-order valence-electron chi connectivity index (χ2n) is 3.12. The number of aromatic hydroxyl groups is 1. The normalized spacial score (nSPS) is 10.0. The zero-order valence-corrected chi connectivity index (χ0v) is 8.20. The fourth-order valence-corrected chi connectivity index (χ4v) is 1.30. The summed E-state index contributed by atoms with van der Waals surface area (Å²) < 4.78 is 1.06. The highest BCUT2D eigenvalue weighted by molar-refractivity contribution is 5.75. The van der Waals surface area contributed by atoms with Crippen LogP contribution in [0.25, 0.3) is 5.69 Å². The number of aromatic nitrogens is 2. The summed E-state index contributed by atoms with van der Waals surface area (Å²) in [6.07, 6.45) is 0.397. The monoisotopic (exact) mass is 216 g/mol.